The van der Waals surface area contributed by atoms with Gasteiger partial charge in [0.2, 0.25) is 5.91 Å². The third kappa shape index (κ3) is 3.73. The molecule has 2 aromatic rings. The zero-order valence-electron chi connectivity index (χ0n) is 11.5. The molecule has 0 fully saturated rings. The Bertz CT molecular complexity index is 751. The van der Waals surface area contributed by atoms with E-state index in [-0.39, 0.29) is 16.7 Å². The van der Waals surface area contributed by atoms with Crippen molar-refractivity contribution in [1.29, 1.82) is 0 Å². The van der Waals surface area contributed by atoms with Crippen LogP contribution in [0.2, 0.25) is 5.15 Å². The lowest BCUT2D eigenvalue weighted by Gasteiger charge is -2.09. The molecule has 1 amide bonds. The van der Waals surface area contributed by atoms with Crippen molar-refractivity contribution in [3.8, 4) is 0 Å². The predicted octanol–water partition coefficient (Wildman–Crippen LogP) is 1.10. The van der Waals surface area contributed by atoms with E-state index in [9.17, 15) is 13.2 Å². The molecule has 2 aromatic heterocycles. The Morgan fingerprint density at radius 2 is 2.24 bits per heavy atom. The van der Waals surface area contributed by atoms with Crippen molar-refractivity contribution in [2.24, 2.45) is 5.92 Å². The van der Waals surface area contributed by atoms with Crippen molar-refractivity contribution in [3.05, 3.63) is 16.7 Å². The molecule has 2 N–H and O–H groups in total. The van der Waals surface area contributed by atoms with Gasteiger partial charge in [-0.25, -0.2) is 18.1 Å². The highest BCUT2D eigenvalue weighted by atomic mass is 35.5. The predicted molar refractivity (Wildman–Crippen MR) is 81.1 cm³/mol. The largest absolute Gasteiger partial charge is 0.355 e. The van der Waals surface area contributed by atoms with Gasteiger partial charge in [0.25, 0.3) is 10.0 Å². The summed E-state index contributed by atoms with van der Waals surface area (Å²) in [6, 6.07) is 0. The topological polar surface area (TPSA) is 92.6 Å². The summed E-state index contributed by atoms with van der Waals surface area (Å²) in [6.07, 6.45) is 1.56. The SMILES string of the molecule is CC(C)CNC(=O)CNS(=O)(=O)c1c(Cl)nc2sccn12. The Morgan fingerprint density at radius 1 is 1.52 bits per heavy atom. The molecule has 0 unspecified atom stereocenters. The number of hydrogen-bond donors (Lipinski definition) is 2. The molecule has 21 heavy (non-hydrogen) atoms. The molecule has 0 saturated heterocycles. The lowest BCUT2D eigenvalue weighted by Crippen LogP contribution is -2.38. The van der Waals surface area contributed by atoms with Gasteiger partial charge in [0.05, 0.1) is 6.54 Å². The quantitative estimate of drug-likeness (QED) is 0.816. The zero-order valence-corrected chi connectivity index (χ0v) is 13.8. The molecule has 116 valence electrons. The molecular formula is C11H15ClN4O3S2. The fraction of sp³-hybridized carbons (Fsp3) is 0.455. The number of carbonyl (C=O) groups excluding carboxylic acids is 1. The van der Waals surface area contributed by atoms with Crippen LogP contribution in [0.1, 0.15) is 13.8 Å². The Hall–Kier alpha value is -1.16. The Kier molecular flexibility index (Phi) is 4.87. The lowest BCUT2D eigenvalue weighted by atomic mass is 10.2. The second kappa shape index (κ2) is 6.30. The number of carbonyl (C=O) groups is 1. The Balaban J connectivity index is 2.10. The number of thiazole rings is 1. The maximum absolute atomic E-state index is 12.2. The molecule has 7 nitrogen and oxygen atoms in total. The molecular weight excluding hydrogens is 336 g/mol. The van der Waals surface area contributed by atoms with Crippen LogP contribution in [0.5, 0.6) is 0 Å². The highest BCUT2D eigenvalue weighted by Gasteiger charge is 2.25. The summed E-state index contributed by atoms with van der Waals surface area (Å²) in [5, 5.41) is 4.06. The number of halogens is 1. The first-order valence-electron chi connectivity index (χ1n) is 6.18. The minimum absolute atomic E-state index is 0.114. The average Bonchev–Trinajstić information content (AvgIpc) is 2.93. The van der Waals surface area contributed by atoms with E-state index >= 15 is 0 Å². The summed E-state index contributed by atoms with van der Waals surface area (Å²) >= 11 is 7.14. The normalized spacial score (nSPS) is 12.2. The third-order valence-electron chi connectivity index (χ3n) is 2.56. The molecule has 0 spiro atoms. The van der Waals surface area contributed by atoms with Crippen molar-refractivity contribution in [3.63, 3.8) is 0 Å². The van der Waals surface area contributed by atoms with Gasteiger partial charge in [0, 0.05) is 18.1 Å². The van der Waals surface area contributed by atoms with Crippen LogP contribution >= 0.6 is 22.9 Å². The molecule has 0 aliphatic carbocycles. The van der Waals surface area contributed by atoms with Crippen LogP contribution in [0, 0.1) is 5.92 Å². The van der Waals surface area contributed by atoms with Crippen LogP contribution < -0.4 is 10.0 Å². The highest BCUT2D eigenvalue weighted by molar-refractivity contribution is 7.89. The van der Waals surface area contributed by atoms with E-state index in [2.05, 4.69) is 15.0 Å². The molecule has 0 radical (unpaired) electrons. The van der Waals surface area contributed by atoms with E-state index in [1.54, 1.807) is 11.6 Å². The monoisotopic (exact) mass is 350 g/mol. The molecule has 2 rings (SSSR count). The first kappa shape index (κ1) is 16.2. The van der Waals surface area contributed by atoms with Crippen molar-refractivity contribution in [1.82, 2.24) is 19.4 Å². The number of amides is 1. The molecule has 0 atom stereocenters. The van der Waals surface area contributed by atoms with E-state index in [0.717, 1.165) is 0 Å². The number of aromatic nitrogens is 2. The van der Waals surface area contributed by atoms with Gasteiger partial charge in [-0.05, 0) is 5.92 Å². The number of nitrogens with one attached hydrogen (secondary N) is 2. The van der Waals surface area contributed by atoms with Crippen LogP contribution in [0.3, 0.4) is 0 Å². The van der Waals surface area contributed by atoms with Gasteiger partial charge in [-0.3, -0.25) is 9.20 Å². The number of hydrogen-bond acceptors (Lipinski definition) is 5. The first-order valence-corrected chi connectivity index (χ1v) is 8.92. The second-order valence-electron chi connectivity index (χ2n) is 4.79. The highest BCUT2D eigenvalue weighted by Crippen LogP contribution is 2.24. The lowest BCUT2D eigenvalue weighted by molar-refractivity contribution is -0.120. The molecule has 0 aliphatic heterocycles. The van der Waals surface area contributed by atoms with Crippen LogP contribution in [0.4, 0.5) is 0 Å². The van der Waals surface area contributed by atoms with Crippen LogP contribution in [0.15, 0.2) is 16.6 Å². The summed E-state index contributed by atoms with van der Waals surface area (Å²) in [4.78, 5) is 16.0. The fourth-order valence-corrected chi connectivity index (χ4v) is 4.02. The maximum Gasteiger partial charge on any atom is 0.260 e. The van der Waals surface area contributed by atoms with Gasteiger partial charge < -0.3 is 5.32 Å². The van der Waals surface area contributed by atoms with E-state index in [1.165, 1.54) is 15.7 Å². The molecule has 2 heterocycles. The van der Waals surface area contributed by atoms with E-state index < -0.39 is 15.9 Å². The van der Waals surface area contributed by atoms with Crippen molar-refractivity contribution in [2.75, 3.05) is 13.1 Å². The van der Waals surface area contributed by atoms with Gasteiger partial charge >= 0.3 is 0 Å². The van der Waals surface area contributed by atoms with Crippen molar-refractivity contribution in [2.45, 2.75) is 18.9 Å². The van der Waals surface area contributed by atoms with Gasteiger partial charge in [0.15, 0.2) is 15.1 Å². The van der Waals surface area contributed by atoms with Crippen LogP contribution in [0.25, 0.3) is 4.96 Å². The number of rotatable bonds is 6. The Morgan fingerprint density at radius 3 is 2.90 bits per heavy atom. The summed E-state index contributed by atoms with van der Waals surface area (Å²) < 4.78 is 28.1. The molecule has 10 heteroatoms. The number of nitrogens with zero attached hydrogens (tertiary/aromatic N) is 2. The smallest absolute Gasteiger partial charge is 0.260 e. The van der Waals surface area contributed by atoms with E-state index in [1.807, 2.05) is 13.8 Å². The number of sulfonamides is 1. The van der Waals surface area contributed by atoms with Crippen molar-refractivity contribution < 1.29 is 13.2 Å². The van der Waals surface area contributed by atoms with Gasteiger partial charge in [0.1, 0.15) is 0 Å². The summed E-state index contributed by atoms with van der Waals surface area (Å²) in [7, 11) is -3.91. The average molecular weight is 351 g/mol. The van der Waals surface area contributed by atoms with E-state index in [4.69, 9.17) is 11.6 Å². The first-order chi connectivity index (χ1) is 9.81. The molecule has 0 saturated carbocycles. The van der Waals surface area contributed by atoms with Gasteiger partial charge in [-0.1, -0.05) is 25.4 Å². The van der Waals surface area contributed by atoms with E-state index in [0.29, 0.717) is 17.4 Å². The zero-order chi connectivity index (χ0) is 15.6. The Labute approximate surface area is 131 Å². The number of fused-ring (bicyclic) bond motifs is 1. The standard InChI is InChI=1S/C11H15ClN4O3S2/c1-7(2)5-13-8(17)6-14-21(18,19)10-9(12)15-11-16(10)3-4-20-11/h3-4,7,14H,5-6H2,1-2H3,(H,13,17). The third-order valence-corrected chi connectivity index (χ3v) is 5.12. The second-order valence-corrected chi connectivity index (χ2v) is 7.70. The minimum atomic E-state index is -3.91. The van der Waals surface area contributed by atoms with Crippen molar-refractivity contribution >= 4 is 43.8 Å². The maximum atomic E-state index is 12.2. The number of imidazole rings is 1. The van der Waals surface area contributed by atoms with Gasteiger partial charge in [-0.15, -0.1) is 11.3 Å². The summed E-state index contributed by atoms with van der Waals surface area (Å²) in [5.41, 5.74) is 0. The molecule has 0 bridgehead atoms. The molecule has 0 aromatic carbocycles. The van der Waals surface area contributed by atoms with Crippen LogP contribution in [-0.2, 0) is 14.8 Å². The van der Waals surface area contributed by atoms with Crippen LogP contribution in [-0.4, -0.2) is 36.8 Å². The summed E-state index contributed by atoms with van der Waals surface area (Å²) in [5.74, 6) is -0.102. The minimum Gasteiger partial charge on any atom is -0.355 e. The fourth-order valence-electron chi connectivity index (χ4n) is 1.59. The van der Waals surface area contributed by atoms with Gasteiger partial charge in [-0.2, -0.15) is 0 Å². The molecule has 0 aliphatic rings. The summed E-state index contributed by atoms with van der Waals surface area (Å²) in [6.45, 7) is 4.04.